The van der Waals surface area contributed by atoms with E-state index in [1.807, 2.05) is 24.8 Å². The maximum absolute atomic E-state index is 15.0. The first kappa shape index (κ1) is 26.8. The molecule has 2 amide bonds. The lowest BCUT2D eigenvalue weighted by Gasteiger charge is -2.34. The highest BCUT2D eigenvalue weighted by molar-refractivity contribution is 5.73. The van der Waals surface area contributed by atoms with Crippen molar-refractivity contribution in [3.63, 3.8) is 0 Å². The molecular weight excluding hydrogens is 507 g/mol. The molecule has 0 aliphatic carbocycles. The summed E-state index contributed by atoms with van der Waals surface area (Å²) < 4.78 is 50.3. The van der Waals surface area contributed by atoms with Gasteiger partial charge in [-0.3, -0.25) is 0 Å². The third-order valence-electron chi connectivity index (χ3n) is 7.52. The van der Waals surface area contributed by atoms with E-state index >= 15 is 0 Å². The smallest absolute Gasteiger partial charge is 0.314 e. The number of rotatable bonds is 6. The Balaban J connectivity index is 1.33. The van der Waals surface area contributed by atoms with Gasteiger partial charge in [0.1, 0.15) is 23.9 Å². The van der Waals surface area contributed by atoms with Gasteiger partial charge in [-0.05, 0) is 68.4 Å². The number of hydrogen-bond acceptors (Lipinski definition) is 5. The summed E-state index contributed by atoms with van der Waals surface area (Å²) in [6.45, 7) is 6.14. The average molecular weight is 540 g/mol. The van der Waals surface area contributed by atoms with Crippen LogP contribution < -0.4 is 15.4 Å². The number of primary amides is 1. The lowest BCUT2D eigenvalue weighted by atomic mass is 9.89. The summed E-state index contributed by atoms with van der Waals surface area (Å²) in [5, 5.41) is 0. The first-order valence-corrected chi connectivity index (χ1v) is 13.3. The molecule has 2 aromatic carbocycles. The quantitative estimate of drug-likeness (QED) is 0.472. The van der Waals surface area contributed by atoms with Crippen molar-refractivity contribution < 1.29 is 22.7 Å². The topological polar surface area (TPSA) is 84.6 Å². The summed E-state index contributed by atoms with van der Waals surface area (Å²) in [7, 11) is 0. The molecule has 39 heavy (non-hydrogen) atoms. The number of piperidine rings is 1. The molecule has 10 heteroatoms. The van der Waals surface area contributed by atoms with E-state index in [0.717, 1.165) is 19.0 Å². The van der Waals surface area contributed by atoms with Gasteiger partial charge in [0.05, 0.1) is 18.4 Å². The van der Waals surface area contributed by atoms with Crippen LogP contribution in [-0.2, 0) is 12.8 Å². The lowest BCUT2D eigenvalue weighted by molar-refractivity contribution is 0.178. The van der Waals surface area contributed by atoms with Crippen LogP contribution in [0.4, 0.5) is 23.7 Å². The minimum Gasteiger partial charge on any atom is -0.486 e. The summed E-state index contributed by atoms with van der Waals surface area (Å²) >= 11 is 0. The summed E-state index contributed by atoms with van der Waals surface area (Å²) in [5.41, 5.74) is 7.42. The second kappa shape index (κ2) is 11.1. The van der Waals surface area contributed by atoms with Crippen LogP contribution in [0.3, 0.4) is 0 Å². The summed E-state index contributed by atoms with van der Waals surface area (Å²) in [6, 6.07) is 7.63. The monoisotopic (exact) mass is 539 g/mol. The van der Waals surface area contributed by atoms with E-state index in [-0.39, 0.29) is 41.2 Å². The van der Waals surface area contributed by atoms with E-state index in [1.54, 1.807) is 17.0 Å². The van der Waals surface area contributed by atoms with Crippen molar-refractivity contribution in [2.45, 2.75) is 45.6 Å². The first-order valence-electron chi connectivity index (χ1n) is 13.3. The Bertz CT molecular complexity index is 1380. The molecule has 5 rings (SSSR count). The third kappa shape index (κ3) is 5.79. The molecule has 0 unspecified atom stereocenters. The van der Waals surface area contributed by atoms with Crippen molar-refractivity contribution in [1.82, 2.24) is 14.9 Å². The standard InChI is InChI=1S/C29H32F3N5O2/c1-17(2)37-9-10-39-28-23(31)14-21(15-25(28)37)27-24(32)16-34-26(35-27)13-19-3-4-20(22(30)12-19)11-18-5-7-36(8-6-18)29(33)38/h3-4,12,14-18H,5-11,13H2,1-2H3,(H2,33,38). The normalized spacial score (nSPS) is 15.8. The maximum Gasteiger partial charge on any atom is 0.314 e. The van der Waals surface area contributed by atoms with Gasteiger partial charge in [-0.25, -0.2) is 27.9 Å². The molecule has 7 nitrogen and oxygen atoms in total. The zero-order chi connectivity index (χ0) is 27.7. The molecule has 0 spiro atoms. The number of hydrogen-bond donors (Lipinski definition) is 1. The molecule has 2 N–H and O–H groups in total. The molecule has 2 aliphatic rings. The number of likely N-dealkylation sites (tertiary alicyclic amines) is 1. The van der Waals surface area contributed by atoms with Crippen molar-refractivity contribution in [3.05, 3.63) is 70.9 Å². The summed E-state index contributed by atoms with van der Waals surface area (Å²) in [5.74, 6) is -0.842. The van der Waals surface area contributed by atoms with Gasteiger partial charge in [0.15, 0.2) is 17.4 Å². The Morgan fingerprint density at radius 1 is 1.08 bits per heavy atom. The summed E-state index contributed by atoms with van der Waals surface area (Å²) in [6.07, 6.45) is 3.39. The van der Waals surface area contributed by atoms with Crippen LogP contribution in [0, 0.1) is 23.4 Å². The predicted octanol–water partition coefficient (Wildman–Crippen LogP) is 5.09. The zero-order valence-corrected chi connectivity index (χ0v) is 22.1. The van der Waals surface area contributed by atoms with Gasteiger partial charge in [-0.15, -0.1) is 0 Å². The Labute approximate surface area is 225 Å². The van der Waals surface area contributed by atoms with E-state index in [1.165, 1.54) is 12.1 Å². The number of amides is 2. The minimum atomic E-state index is -0.671. The van der Waals surface area contributed by atoms with Crippen LogP contribution in [-0.4, -0.2) is 53.2 Å². The highest BCUT2D eigenvalue weighted by atomic mass is 19.1. The number of halogens is 3. The van der Waals surface area contributed by atoms with Crippen molar-refractivity contribution in [2.24, 2.45) is 11.7 Å². The fraction of sp³-hybridized carbons (Fsp3) is 0.414. The molecule has 1 saturated heterocycles. The van der Waals surface area contributed by atoms with E-state index in [9.17, 15) is 18.0 Å². The van der Waals surface area contributed by atoms with Crippen LogP contribution in [0.25, 0.3) is 11.3 Å². The van der Waals surface area contributed by atoms with Crippen LogP contribution in [0.1, 0.15) is 43.6 Å². The number of aromatic nitrogens is 2. The van der Waals surface area contributed by atoms with Crippen LogP contribution in [0.15, 0.2) is 36.5 Å². The number of ether oxygens (including phenoxy) is 1. The summed E-state index contributed by atoms with van der Waals surface area (Å²) in [4.78, 5) is 23.4. The van der Waals surface area contributed by atoms with Gasteiger partial charge in [0.2, 0.25) is 0 Å². The number of carbonyl (C=O) groups excluding carboxylic acids is 1. The first-order chi connectivity index (χ1) is 18.7. The molecule has 3 aromatic rings. The molecule has 1 fully saturated rings. The number of nitrogens with two attached hydrogens (primary N) is 1. The van der Waals surface area contributed by atoms with E-state index in [0.29, 0.717) is 55.3 Å². The van der Waals surface area contributed by atoms with Gasteiger partial charge in [0.25, 0.3) is 0 Å². The maximum atomic E-state index is 15.0. The van der Waals surface area contributed by atoms with Crippen molar-refractivity contribution in [3.8, 4) is 17.0 Å². The fourth-order valence-electron chi connectivity index (χ4n) is 5.38. The van der Waals surface area contributed by atoms with Crippen molar-refractivity contribution in [2.75, 3.05) is 31.1 Å². The second-order valence-corrected chi connectivity index (χ2v) is 10.5. The van der Waals surface area contributed by atoms with Crippen LogP contribution >= 0.6 is 0 Å². The van der Waals surface area contributed by atoms with Gasteiger partial charge in [0, 0.05) is 31.1 Å². The van der Waals surface area contributed by atoms with E-state index in [2.05, 4.69) is 9.97 Å². The molecule has 3 heterocycles. The lowest BCUT2D eigenvalue weighted by Crippen LogP contribution is -2.41. The number of anilines is 1. The van der Waals surface area contributed by atoms with Gasteiger partial charge in [-0.2, -0.15) is 0 Å². The van der Waals surface area contributed by atoms with Crippen LogP contribution in [0.5, 0.6) is 5.75 Å². The molecular formula is C29H32F3N5O2. The largest absolute Gasteiger partial charge is 0.486 e. The predicted molar refractivity (Wildman–Crippen MR) is 142 cm³/mol. The van der Waals surface area contributed by atoms with Crippen molar-refractivity contribution in [1.29, 1.82) is 0 Å². The van der Waals surface area contributed by atoms with Crippen LogP contribution in [0.2, 0.25) is 0 Å². The molecule has 206 valence electrons. The molecule has 0 atom stereocenters. The Morgan fingerprint density at radius 2 is 1.85 bits per heavy atom. The number of nitrogens with zero attached hydrogens (tertiary/aromatic N) is 4. The van der Waals surface area contributed by atoms with Gasteiger partial charge in [-0.1, -0.05) is 12.1 Å². The molecule has 0 saturated carbocycles. The van der Waals surface area contributed by atoms with Crippen molar-refractivity contribution >= 4 is 11.7 Å². The Kier molecular flexibility index (Phi) is 7.63. The highest BCUT2D eigenvalue weighted by Crippen LogP contribution is 2.39. The highest BCUT2D eigenvalue weighted by Gasteiger charge is 2.26. The molecule has 0 radical (unpaired) electrons. The Morgan fingerprint density at radius 3 is 2.54 bits per heavy atom. The average Bonchev–Trinajstić information content (AvgIpc) is 2.91. The number of fused-ring (bicyclic) bond motifs is 1. The zero-order valence-electron chi connectivity index (χ0n) is 22.1. The number of benzene rings is 2. The van der Waals surface area contributed by atoms with E-state index < -0.39 is 17.7 Å². The molecule has 1 aromatic heterocycles. The number of urea groups is 1. The second-order valence-electron chi connectivity index (χ2n) is 10.5. The Hall–Kier alpha value is -3.82. The minimum absolute atomic E-state index is 0.0182. The van der Waals surface area contributed by atoms with Gasteiger partial charge >= 0.3 is 6.03 Å². The fourth-order valence-corrected chi connectivity index (χ4v) is 5.38. The van der Waals surface area contributed by atoms with E-state index in [4.69, 9.17) is 10.5 Å². The number of carbonyl (C=O) groups is 1. The third-order valence-corrected chi connectivity index (χ3v) is 7.52. The molecule has 0 bridgehead atoms. The SMILES string of the molecule is CC(C)N1CCOc2c(F)cc(-c3nc(Cc4ccc(CC5CCN(C(N)=O)CC5)c(F)c4)ncc3F)cc21. The van der Waals surface area contributed by atoms with Gasteiger partial charge < -0.3 is 20.3 Å². The molecule has 2 aliphatic heterocycles.